The Hall–Kier alpha value is -5.69. The van der Waals surface area contributed by atoms with Gasteiger partial charge < -0.3 is 19.1 Å². The van der Waals surface area contributed by atoms with Crippen LogP contribution in [0.1, 0.15) is 6.42 Å². The molecule has 0 amide bonds. The number of nitrogens with zero attached hydrogens (tertiary/aromatic N) is 6. The Morgan fingerprint density at radius 1 is 0.868 bits per heavy atom. The van der Waals surface area contributed by atoms with Crippen LogP contribution in [-0.2, 0) is 14.3 Å². The van der Waals surface area contributed by atoms with Crippen LogP contribution < -0.4 is 25.4 Å². The standard InChI is InChI=1S/C24H13N7O6S/c25-24-28-20(36-18-5-1-3-14-12(18)7-9-16(30-26)22(14)32)11-21(29-24)37-38(34,35)19-6-2-4-15-13(19)8-10-17(31-27)23(15)33/h1-10,25H,11H2/p+1. The monoisotopic (exact) mass is 528 g/mol. The number of ether oxygens (including phenoxy) is 1. The number of rotatable bonds is 3. The maximum Gasteiger partial charge on any atom is 0.484 e. The van der Waals surface area contributed by atoms with E-state index in [4.69, 9.17) is 25.4 Å². The second-order valence-electron chi connectivity index (χ2n) is 7.92. The lowest BCUT2D eigenvalue weighted by Gasteiger charge is -2.13. The Balaban J connectivity index is 1.44. The molecule has 1 heterocycles. The molecule has 0 spiro atoms. The van der Waals surface area contributed by atoms with Crippen LogP contribution in [-0.4, -0.2) is 26.2 Å². The highest BCUT2D eigenvalue weighted by atomic mass is 32.2. The third-order valence-electron chi connectivity index (χ3n) is 5.60. The Labute approximate surface area is 213 Å². The van der Waals surface area contributed by atoms with Gasteiger partial charge in [0.1, 0.15) is 17.1 Å². The number of fused-ring (bicyclic) bond motifs is 2. The number of benzene rings is 4. The molecule has 1 aliphatic rings. The summed E-state index contributed by atoms with van der Waals surface area (Å²) < 4.78 is 41.2. The average molecular weight is 528 g/mol. The first kappa shape index (κ1) is 24.0. The van der Waals surface area contributed by atoms with E-state index >= 15 is 0 Å². The number of guanidine groups is 1. The smallest absolute Gasteiger partial charge is 0.484 e. The fraction of sp³-hybridized carbons (Fsp3) is 0.0417. The van der Waals surface area contributed by atoms with Crippen LogP contribution >= 0.6 is 0 Å². The van der Waals surface area contributed by atoms with E-state index in [1.54, 1.807) is 12.1 Å². The highest BCUT2D eigenvalue weighted by molar-refractivity contribution is 7.87. The summed E-state index contributed by atoms with van der Waals surface area (Å²) in [6, 6.07) is 14.0. The van der Waals surface area contributed by atoms with Gasteiger partial charge in [-0.25, -0.2) is 0 Å². The van der Waals surface area contributed by atoms with E-state index in [1.807, 2.05) is 0 Å². The Bertz CT molecular complexity index is 1970. The molecule has 4 aromatic carbocycles. The maximum absolute atomic E-state index is 13.2. The van der Waals surface area contributed by atoms with Gasteiger partial charge in [-0.05, 0) is 51.5 Å². The summed E-state index contributed by atoms with van der Waals surface area (Å²) in [6.45, 7) is 0. The molecule has 0 bridgehead atoms. The fourth-order valence-electron chi connectivity index (χ4n) is 3.94. The van der Waals surface area contributed by atoms with Crippen LogP contribution in [0.15, 0.2) is 70.6 Å². The van der Waals surface area contributed by atoms with Crippen molar-refractivity contribution in [3.8, 4) is 17.2 Å². The van der Waals surface area contributed by atoms with Gasteiger partial charge in [-0.3, -0.25) is 5.73 Å². The van der Waals surface area contributed by atoms with Gasteiger partial charge >= 0.3 is 33.4 Å². The minimum Gasteiger partial charge on any atom is -0.867 e. The lowest BCUT2D eigenvalue weighted by molar-refractivity contribution is -0.265. The Kier molecular flexibility index (Phi) is 5.74. The van der Waals surface area contributed by atoms with Crippen molar-refractivity contribution < 1.29 is 27.6 Å². The van der Waals surface area contributed by atoms with Crippen molar-refractivity contribution in [2.45, 2.75) is 11.3 Å². The van der Waals surface area contributed by atoms with Gasteiger partial charge in [-0.15, -0.1) is 0 Å². The predicted molar refractivity (Wildman–Crippen MR) is 134 cm³/mol. The van der Waals surface area contributed by atoms with E-state index in [0.717, 1.165) is 0 Å². The van der Waals surface area contributed by atoms with E-state index in [-0.39, 0.29) is 62.4 Å². The second-order valence-corrected chi connectivity index (χ2v) is 9.43. The summed E-state index contributed by atoms with van der Waals surface area (Å²) >= 11 is 0. The van der Waals surface area contributed by atoms with Crippen LogP contribution in [0.5, 0.6) is 17.2 Å². The predicted octanol–water partition coefficient (Wildman–Crippen LogP) is 2.48. The quantitative estimate of drug-likeness (QED) is 0.235. The first-order valence-corrected chi connectivity index (χ1v) is 12.2. The molecular weight excluding hydrogens is 514 g/mol. The van der Waals surface area contributed by atoms with E-state index in [2.05, 4.69) is 19.6 Å². The second kappa shape index (κ2) is 9.07. The summed E-state index contributed by atoms with van der Waals surface area (Å²) in [5.41, 5.74) is 5.38. The lowest BCUT2D eigenvalue weighted by atomic mass is 10.1. The van der Waals surface area contributed by atoms with E-state index in [0.29, 0.717) is 5.39 Å². The van der Waals surface area contributed by atoms with Gasteiger partial charge in [0.2, 0.25) is 10.8 Å². The molecule has 0 atom stereocenters. The summed E-state index contributed by atoms with van der Waals surface area (Å²) in [7, 11) is -4.51. The van der Waals surface area contributed by atoms with Crippen molar-refractivity contribution >= 4 is 60.8 Å². The third-order valence-corrected chi connectivity index (χ3v) is 6.91. The zero-order valence-corrected chi connectivity index (χ0v) is 19.9. The van der Waals surface area contributed by atoms with Gasteiger partial charge in [-0.2, -0.15) is 13.1 Å². The molecule has 0 aromatic heterocycles. The lowest BCUT2D eigenvalue weighted by Crippen LogP contribution is -2.30. The molecule has 14 heteroatoms. The minimum absolute atomic E-state index is 0.0121. The summed E-state index contributed by atoms with van der Waals surface area (Å²) in [4.78, 5) is 9.53. The summed E-state index contributed by atoms with van der Waals surface area (Å²) in [6.07, 6.45) is -0.310. The molecular formula is C24H14N7O6S+. The number of hydrogen-bond acceptors (Lipinski definition) is 10. The molecule has 38 heavy (non-hydrogen) atoms. The fourth-order valence-corrected chi connectivity index (χ4v) is 5.07. The van der Waals surface area contributed by atoms with Gasteiger partial charge in [0, 0.05) is 22.9 Å². The van der Waals surface area contributed by atoms with Gasteiger partial charge in [-0.1, -0.05) is 24.3 Å². The maximum atomic E-state index is 13.2. The molecule has 186 valence electrons. The Morgan fingerprint density at radius 3 is 2.13 bits per heavy atom. The molecule has 5 rings (SSSR count). The zero-order valence-electron chi connectivity index (χ0n) is 19.1. The largest absolute Gasteiger partial charge is 0.867 e. The van der Waals surface area contributed by atoms with Crippen molar-refractivity contribution in [2.75, 3.05) is 0 Å². The molecule has 1 aliphatic heterocycles. The van der Waals surface area contributed by atoms with Gasteiger partial charge in [0.05, 0.1) is 0 Å². The van der Waals surface area contributed by atoms with Crippen molar-refractivity contribution in [1.82, 2.24) is 4.67 Å². The Morgan fingerprint density at radius 2 is 1.47 bits per heavy atom. The van der Waals surface area contributed by atoms with Crippen molar-refractivity contribution in [2.24, 2.45) is 10.7 Å². The normalized spacial score (nSPS) is 13.2. The number of diazo groups is 2. The summed E-state index contributed by atoms with van der Waals surface area (Å²) in [5, 5.41) is 43.5. The highest BCUT2D eigenvalue weighted by Crippen LogP contribution is 2.37. The first-order valence-electron chi connectivity index (χ1n) is 10.8. The molecule has 2 N–H and O–H groups in total. The number of aliphatic imine (C=N–C) groups is 1. The molecule has 4 aromatic rings. The van der Waals surface area contributed by atoms with E-state index in [1.165, 1.54) is 48.5 Å². The highest BCUT2D eigenvalue weighted by Gasteiger charge is 2.30. The van der Waals surface area contributed by atoms with Crippen LogP contribution in [0, 0.1) is 10.8 Å². The molecule has 0 radical (unpaired) electrons. The van der Waals surface area contributed by atoms with Crippen LogP contribution in [0.3, 0.4) is 0 Å². The zero-order chi connectivity index (χ0) is 27.0. The number of nitrogens with two attached hydrogens (primary N) is 1. The van der Waals surface area contributed by atoms with Gasteiger partial charge in [0.15, 0.2) is 9.95 Å². The van der Waals surface area contributed by atoms with Crippen molar-refractivity contribution in [3.05, 3.63) is 70.6 Å². The van der Waals surface area contributed by atoms with E-state index in [9.17, 15) is 18.6 Å². The third kappa shape index (κ3) is 4.14. The van der Waals surface area contributed by atoms with Gasteiger partial charge in [0.25, 0.3) is 5.90 Å². The molecule has 0 fully saturated rings. The van der Waals surface area contributed by atoms with Crippen LogP contribution in [0.4, 0.5) is 11.4 Å². The molecule has 0 saturated heterocycles. The molecule has 13 nitrogen and oxygen atoms in total. The number of hydrogen-bond donors (Lipinski definition) is 1. The molecule has 0 saturated carbocycles. The minimum atomic E-state index is -4.51. The van der Waals surface area contributed by atoms with E-state index < -0.39 is 21.6 Å². The van der Waals surface area contributed by atoms with Crippen LogP contribution in [0.25, 0.3) is 31.5 Å². The SMILES string of the molecule is N#[N+]c1ccc2c(OC3=NC(N)=[N+]=C(OS(=O)(=O)c4cccc5c([O-])c([N+]#N)ccc45)C3)cccc2c1[O-]. The molecule has 0 aliphatic carbocycles. The first-order chi connectivity index (χ1) is 18.2. The topological polar surface area (TPSA) is 208 Å². The van der Waals surface area contributed by atoms with Crippen molar-refractivity contribution in [3.63, 3.8) is 0 Å². The van der Waals surface area contributed by atoms with Crippen molar-refractivity contribution in [1.29, 1.82) is 10.8 Å². The van der Waals surface area contributed by atoms with Crippen LogP contribution in [0.2, 0.25) is 0 Å². The average Bonchev–Trinajstić information content (AvgIpc) is 2.89. The summed E-state index contributed by atoms with van der Waals surface area (Å²) in [5.74, 6) is -1.71. The molecule has 0 unspecified atom stereocenters.